The highest BCUT2D eigenvalue weighted by Crippen LogP contribution is 2.47. The normalized spacial score (nSPS) is 12.1. The molecule has 3 nitrogen and oxygen atoms in total. The van der Waals surface area contributed by atoms with Gasteiger partial charge in [0.05, 0.1) is 21.4 Å². The van der Waals surface area contributed by atoms with Gasteiger partial charge >= 0.3 is 0 Å². The molecule has 0 saturated heterocycles. The first-order valence-corrected chi connectivity index (χ1v) is 15.7. The minimum atomic E-state index is 0.717. The number of aromatic nitrogens is 3. The molecule has 3 aromatic heterocycles. The minimum absolute atomic E-state index is 0.717. The Morgan fingerprint density at radius 1 is 0.523 bits per heavy atom. The summed E-state index contributed by atoms with van der Waals surface area (Å²) in [6.45, 7) is 0. The Morgan fingerprint density at radius 2 is 1.27 bits per heavy atom. The molecule has 0 unspecified atom stereocenters. The molecule has 0 radical (unpaired) electrons. The zero-order valence-electron chi connectivity index (χ0n) is 23.5. The fraction of sp³-hybridized carbons (Fsp3) is 0. The molecule has 0 atom stereocenters. The molecule has 204 valence electrons. The van der Waals surface area contributed by atoms with Gasteiger partial charge in [0, 0.05) is 43.4 Å². The van der Waals surface area contributed by atoms with Crippen molar-refractivity contribution in [1.82, 2.24) is 14.5 Å². The van der Waals surface area contributed by atoms with Crippen LogP contribution in [0, 0.1) is 0 Å². The van der Waals surface area contributed by atoms with Gasteiger partial charge in [-0.05, 0) is 39.7 Å². The average molecular weight is 578 g/mol. The summed E-state index contributed by atoms with van der Waals surface area (Å²) in [6, 6.07) is 49.8. The highest BCUT2D eigenvalue weighted by Gasteiger charge is 2.23. The highest BCUT2D eigenvalue weighted by atomic mass is 32.1. The summed E-state index contributed by atoms with van der Waals surface area (Å²) in [5.74, 6) is 1.59. The van der Waals surface area contributed by atoms with Crippen LogP contribution in [0.2, 0.25) is 0 Å². The third kappa shape index (κ3) is 3.31. The molecule has 0 bridgehead atoms. The molecule has 0 fully saturated rings. The van der Waals surface area contributed by atoms with Crippen LogP contribution in [0.3, 0.4) is 0 Å². The fourth-order valence-electron chi connectivity index (χ4n) is 7.02. The molecular formula is C40H23N3S. The maximum atomic E-state index is 5.33. The third-order valence-corrected chi connectivity index (χ3v) is 10.1. The molecule has 0 amide bonds. The van der Waals surface area contributed by atoms with Crippen molar-refractivity contribution < 1.29 is 0 Å². The number of benzene rings is 7. The van der Waals surface area contributed by atoms with E-state index in [1.54, 1.807) is 0 Å². The van der Waals surface area contributed by atoms with E-state index < -0.39 is 0 Å². The standard InChI is InChI=1S/C40H23N3S/c1-2-11-26(12-3-1)40-41-32(29-17-8-13-24-10-4-5-15-28(24)29)23-35(42-40)43-33-18-9-14-25-20-21-27-22-31-30-16-6-7-19-34(30)44-39(31)38(43)37(27)36(25)33/h1-23H. The average Bonchev–Trinajstić information content (AvgIpc) is 3.64. The Morgan fingerprint density at radius 3 is 2.20 bits per heavy atom. The van der Waals surface area contributed by atoms with Crippen LogP contribution in [0.5, 0.6) is 0 Å². The molecule has 0 aliphatic carbocycles. The molecule has 0 N–H and O–H groups in total. The van der Waals surface area contributed by atoms with Crippen LogP contribution < -0.4 is 0 Å². The van der Waals surface area contributed by atoms with Gasteiger partial charge in [-0.25, -0.2) is 9.97 Å². The number of nitrogens with zero attached hydrogens (tertiary/aromatic N) is 3. The summed E-state index contributed by atoms with van der Waals surface area (Å²) >= 11 is 1.87. The fourth-order valence-corrected chi connectivity index (χ4v) is 8.24. The molecule has 10 aromatic rings. The van der Waals surface area contributed by atoms with Crippen molar-refractivity contribution in [3.63, 3.8) is 0 Å². The van der Waals surface area contributed by atoms with E-state index in [4.69, 9.17) is 9.97 Å². The van der Waals surface area contributed by atoms with Crippen molar-refractivity contribution in [3.05, 3.63) is 140 Å². The van der Waals surface area contributed by atoms with Crippen LogP contribution in [-0.2, 0) is 0 Å². The van der Waals surface area contributed by atoms with Gasteiger partial charge in [0.15, 0.2) is 5.82 Å². The van der Waals surface area contributed by atoms with Gasteiger partial charge in [-0.1, -0.05) is 115 Å². The minimum Gasteiger partial charge on any atom is -0.292 e. The molecule has 0 spiro atoms. The maximum Gasteiger partial charge on any atom is 0.162 e. The smallest absolute Gasteiger partial charge is 0.162 e. The Hall–Kier alpha value is -5.58. The lowest BCUT2D eigenvalue weighted by Crippen LogP contribution is -2.02. The summed E-state index contributed by atoms with van der Waals surface area (Å²) in [5.41, 5.74) is 5.38. The summed E-state index contributed by atoms with van der Waals surface area (Å²) in [7, 11) is 0. The van der Waals surface area contributed by atoms with Crippen LogP contribution in [0.1, 0.15) is 0 Å². The molecular weight excluding hydrogens is 555 g/mol. The molecule has 7 aromatic carbocycles. The van der Waals surface area contributed by atoms with E-state index in [9.17, 15) is 0 Å². The lowest BCUT2D eigenvalue weighted by Gasteiger charge is -2.13. The lowest BCUT2D eigenvalue weighted by atomic mass is 10.00. The van der Waals surface area contributed by atoms with E-state index in [1.807, 2.05) is 17.4 Å². The monoisotopic (exact) mass is 577 g/mol. The largest absolute Gasteiger partial charge is 0.292 e. The Labute approximate surface area is 256 Å². The van der Waals surface area contributed by atoms with Crippen molar-refractivity contribution in [3.8, 4) is 28.5 Å². The van der Waals surface area contributed by atoms with Gasteiger partial charge in [-0.15, -0.1) is 11.3 Å². The number of hydrogen-bond acceptors (Lipinski definition) is 3. The first kappa shape index (κ1) is 23.9. The Bertz CT molecular complexity index is 2710. The third-order valence-electron chi connectivity index (χ3n) is 8.95. The van der Waals surface area contributed by atoms with Gasteiger partial charge in [0.1, 0.15) is 5.82 Å². The van der Waals surface area contributed by atoms with Gasteiger partial charge in [0.25, 0.3) is 0 Å². The van der Waals surface area contributed by atoms with Crippen molar-refractivity contribution in [2.24, 2.45) is 0 Å². The lowest BCUT2D eigenvalue weighted by molar-refractivity contribution is 1.05. The van der Waals surface area contributed by atoms with E-state index in [0.29, 0.717) is 5.82 Å². The summed E-state index contributed by atoms with van der Waals surface area (Å²) in [5, 5.41) is 10.0. The number of rotatable bonds is 3. The molecule has 44 heavy (non-hydrogen) atoms. The molecule has 4 heteroatoms. The van der Waals surface area contributed by atoms with E-state index in [-0.39, 0.29) is 0 Å². The van der Waals surface area contributed by atoms with E-state index >= 15 is 0 Å². The molecule has 0 aliphatic heterocycles. The van der Waals surface area contributed by atoms with Crippen molar-refractivity contribution in [1.29, 1.82) is 0 Å². The van der Waals surface area contributed by atoms with Crippen molar-refractivity contribution in [2.45, 2.75) is 0 Å². The van der Waals surface area contributed by atoms with Gasteiger partial charge in [-0.3, -0.25) is 4.57 Å². The second kappa shape index (κ2) is 8.96. The topological polar surface area (TPSA) is 30.7 Å². The first-order valence-electron chi connectivity index (χ1n) is 14.8. The first-order chi connectivity index (χ1) is 21.8. The van der Waals surface area contributed by atoms with Crippen LogP contribution in [-0.4, -0.2) is 14.5 Å². The van der Waals surface area contributed by atoms with Crippen LogP contribution in [0.25, 0.3) is 92.0 Å². The number of fused-ring (bicyclic) bond motifs is 5. The Balaban J connectivity index is 1.39. The zero-order chi connectivity index (χ0) is 28.8. The SMILES string of the molecule is c1ccc(-c2nc(-c3cccc4ccccc34)cc(-n3c4cccc5ccc6cc7c8ccccc8sc7c3c6c54)n2)cc1. The predicted molar refractivity (Wildman–Crippen MR) is 186 cm³/mol. The summed E-state index contributed by atoms with van der Waals surface area (Å²) in [6.07, 6.45) is 0. The summed E-state index contributed by atoms with van der Waals surface area (Å²) in [4.78, 5) is 10.5. The van der Waals surface area contributed by atoms with Crippen molar-refractivity contribution >= 4 is 74.9 Å². The van der Waals surface area contributed by atoms with Gasteiger partial charge in [-0.2, -0.15) is 0 Å². The second-order valence-electron chi connectivity index (χ2n) is 11.4. The van der Waals surface area contributed by atoms with Gasteiger partial charge < -0.3 is 0 Å². The molecule has 10 rings (SSSR count). The van der Waals surface area contributed by atoms with Crippen LogP contribution in [0.15, 0.2) is 140 Å². The van der Waals surface area contributed by atoms with E-state index in [0.717, 1.165) is 28.2 Å². The predicted octanol–water partition coefficient (Wildman–Crippen LogP) is 11.0. The van der Waals surface area contributed by atoms with Crippen molar-refractivity contribution in [2.75, 3.05) is 0 Å². The Kier molecular flexibility index (Phi) is 4.87. The molecule has 3 heterocycles. The second-order valence-corrected chi connectivity index (χ2v) is 12.5. The highest BCUT2D eigenvalue weighted by molar-refractivity contribution is 7.26. The van der Waals surface area contributed by atoms with Crippen LogP contribution in [0.4, 0.5) is 0 Å². The number of thiophene rings is 1. The van der Waals surface area contributed by atoms with Crippen LogP contribution >= 0.6 is 11.3 Å². The molecule has 0 aliphatic rings. The zero-order valence-corrected chi connectivity index (χ0v) is 24.3. The quantitative estimate of drug-likeness (QED) is 0.196. The summed E-state index contributed by atoms with van der Waals surface area (Å²) < 4.78 is 4.98. The van der Waals surface area contributed by atoms with E-state index in [2.05, 4.69) is 138 Å². The maximum absolute atomic E-state index is 5.33. The van der Waals surface area contributed by atoms with E-state index in [1.165, 1.54) is 58.0 Å². The number of hydrogen-bond donors (Lipinski definition) is 0. The molecule has 0 saturated carbocycles. The van der Waals surface area contributed by atoms with Gasteiger partial charge in [0.2, 0.25) is 0 Å².